The predicted molar refractivity (Wildman–Crippen MR) is 184 cm³/mol. The lowest BCUT2D eigenvalue weighted by Crippen LogP contribution is -2.58. The summed E-state index contributed by atoms with van der Waals surface area (Å²) in [4.78, 5) is 2.53. The van der Waals surface area contributed by atoms with Gasteiger partial charge in [-0.1, -0.05) is 67.9 Å². The van der Waals surface area contributed by atoms with Crippen LogP contribution >= 0.6 is 11.3 Å². The van der Waals surface area contributed by atoms with Crippen LogP contribution in [0.4, 0.5) is 17.1 Å². The number of nitrogens with zero attached hydrogens (tertiary/aromatic N) is 1. The van der Waals surface area contributed by atoms with E-state index in [1.165, 1.54) is 95.5 Å². The topological polar surface area (TPSA) is 12.5 Å². The molecule has 0 saturated heterocycles. The van der Waals surface area contributed by atoms with Crippen molar-refractivity contribution < 1.29 is 4.74 Å². The number of unbranched alkanes of at least 4 members (excludes halogenated alkanes) is 1. The third kappa shape index (κ3) is 3.86. The van der Waals surface area contributed by atoms with E-state index in [9.17, 15) is 0 Å². The maximum atomic E-state index is 6.77. The van der Waals surface area contributed by atoms with E-state index in [1.807, 2.05) is 11.3 Å². The molecule has 1 aliphatic carbocycles. The van der Waals surface area contributed by atoms with Gasteiger partial charge in [-0.3, -0.25) is 0 Å². The minimum Gasteiger partial charge on any atom is -0.458 e. The number of hydrogen-bond donors (Lipinski definition) is 0. The molecule has 6 aromatic rings. The highest BCUT2D eigenvalue weighted by atomic mass is 32.1. The standard InChI is InChI=1S/C39H32BNOS/c1-3-4-8-25-11-18-36-31(21-25)38-39(43-36)40-32-22-28-12-13-29(28)23-34(32)42-35-20-24(2)19-33(37(35)40)41(38)30-16-14-27(15-17-30)26-9-6-5-7-10-26/h5-7,9-11,14-23H,3-4,8,12-13H2,1-2H3. The van der Waals surface area contributed by atoms with Gasteiger partial charge < -0.3 is 9.64 Å². The normalized spacial score (nSPS) is 14.0. The molecule has 2 nitrogen and oxygen atoms in total. The van der Waals surface area contributed by atoms with Gasteiger partial charge in [0.05, 0.1) is 5.69 Å². The van der Waals surface area contributed by atoms with E-state index in [0.29, 0.717) is 0 Å². The van der Waals surface area contributed by atoms with Crippen molar-refractivity contribution in [2.45, 2.75) is 46.0 Å². The average molecular weight is 574 g/mol. The summed E-state index contributed by atoms with van der Waals surface area (Å²) in [5.74, 6) is 2.05. The van der Waals surface area contributed by atoms with E-state index < -0.39 is 0 Å². The summed E-state index contributed by atoms with van der Waals surface area (Å²) in [6, 6.07) is 36.4. The van der Waals surface area contributed by atoms with Crippen LogP contribution in [0.3, 0.4) is 0 Å². The highest BCUT2D eigenvalue weighted by molar-refractivity contribution is 7.33. The van der Waals surface area contributed by atoms with E-state index in [0.717, 1.165) is 24.3 Å². The molecule has 5 aromatic carbocycles. The van der Waals surface area contributed by atoms with Crippen molar-refractivity contribution in [3.8, 4) is 22.6 Å². The Morgan fingerprint density at radius 2 is 1.60 bits per heavy atom. The third-order valence-electron chi connectivity index (χ3n) is 9.61. The molecule has 3 aliphatic rings. The van der Waals surface area contributed by atoms with Gasteiger partial charge in [0.25, 0.3) is 6.71 Å². The van der Waals surface area contributed by atoms with Crippen LogP contribution < -0.4 is 25.3 Å². The third-order valence-corrected chi connectivity index (χ3v) is 10.8. The molecule has 43 heavy (non-hydrogen) atoms. The molecule has 3 heterocycles. The molecule has 4 heteroatoms. The van der Waals surface area contributed by atoms with Crippen LogP contribution in [-0.2, 0) is 19.3 Å². The Balaban J connectivity index is 1.30. The van der Waals surface area contributed by atoms with Crippen LogP contribution in [0, 0.1) is 6.92 Å². The van der Waals surface area contributed by atoms with E-state index >= 15 is 0 Å². The molecule has 208 valence electrons. The number of aryl methyl sites for hydroxylation is 4. The van der Waals surface area contributed by atoms with Crippen molar-refractivity contribution in [1.29, 1.82) is 0 Å². The van der Waals surface area contributed by atoms with Gasteiger partial charge in [-0.2, -0.15) is 0 Å². The lowest BCUT2D eigenvalue weighted by molar-refractivity contribution is 0.485. The highest BCUT2D eigenvalue weighted by Crippen LogP contribution is 2.47. The number of rotatable bonds is 5. The Morgan fingerprint density at radius 1 is 0.814 bits per heavy atom. The summed E-state index contributed by atoms with van der Waals surface area (Å²) < 4.78 is 9.55. The van der Waals surface area contributed by atoms with Crippen molar-refractivity contribution in [2.75, 3.05) is 4.90 Å². The smallest absolute Gasteiger partial charge is 0.268 e. The van der Waals surface area contributed by atoms with E-state index in [-0.39, 0.29) is 6.71 Å². The molecule has 0 spiro atoms. The first-order valence-corrected chi connectivity index (χ1v) is 16.5. The fourth-order valence-corrected chi connectivity index (χ4v) is 8.64. The van der Waals surface area contributed by atoms with Crippen LogP contribution in [0.15, 0.2) is 97.1 Å². The first-order valence-electron chi connectivity index (χ1n) is 15.7. The Morgan fingerprint density at radius 3 is 2.40 bits per heavy atom. The van der Waals surface area contributed by atoms with Gasteiger partial charge in [-0.05, 0) is 119 Å². The number of ether oxygens (including phenoxy) is 1. The van der Waals surface area contributed by atoms with E-state index in [1.54, 1.807) is 0 Å². The monoisotopic (exact) mass is 573 g/mol. The lowest BCUT2D eigenvalue weighted by Gasteiger charge is -2.39. The van der Waals surface area contributed by atoms with Gasteiger partial charge in [0.15, 0.2) is 0 Å². The molecule has 0 atom stereocenters. The number of thiophene rings is 1. The molecule has 0 N–H and O–H groups in total. The highest BCUT2D eigenvalue weighted by Gasteiger charge is 2.44. The van der Waals surface area contributed by atoms with Crippen molar-refractivity contribution >= 4 is 60.9 Å². The molecule has 0 unspecified atom stereocenters. The lowest BCUT2D eigenvalue weighted by atomic mass is 9.36. The second-order valence-electron chi connectivity index (χ2n) is 12.4. The summed E-state index contributed by atoms with van der Waals surface area (Å²) in [6.45, 7) is 4.65. The first-order chi connectivity index (χ1) is 21.2. The van der Waals surface area contributed by atoms with Crippen molar-refractivity contribution in [3.63, 3.8) is 0 Å². The molecule has 9 rings (SSSR count). The molecule has 0 amide bonds. The zero-order valence-electron chi connectivity index (χ0n) is 24.6. The second-order valence-corrected chi connectivity index (χ2v) is 13.5. The number of anilines is 3. The van der Waals surface area contributed by atoms with Gasteiger partial charge in [0, 0.05) is 26.2 Å². The predicted octanol–water partition coefficient (Wildman–Crippen LogP) is 8.72. The van der Waals surface area contributed by atoms with Crippen molar-refractivity contribution in [2.24, 2.45) is 0 Å². The van der Waals surface area contributed by atoms with Crippen LogP contribution in [0.5, 0.6) is 11.5 Å². The van der Waals surface area contributed by atoms with E-state index in [2.05, 4.69) is 116 Å². The van der Waals surface area contributed by atoms with Gasteiger partial charge in [0.2, 0.25) is 0 Å². The quantitative estimate of drug-likeness (QED) is 0.191. The van der Waals surface area contributed by atoms with Crippen LogP contribution in [0.2, 0.25) is 0 Å². The van der Waals surface area contributed by atoms with Gasteiger partial charge in [-0.25, -0.2) is 0 Å². The Hall–Kier alpha value is -4.28. The summed E-state index contributed by atoms with van der Waals surface area (Å²) >= 11 is 1.97. The molecule has 0 fully saturated rings. The molecule has 2 aliphatic heterocycles. The molecule has 1 aromatic heterocycles. The Labute approximate surface area is 257 Å². The fraction of sp³-hybridized carbons (Fsp3) is 0.179. The van der Waals surface area contributed by atoms with E-state index in [4.69, 9.17) is 4.74 Å². The minimum atomic E-state index is 0.173. The molecular formula is C39H32BNOS. The minimum absolute atomic E-state index is 0.173. The molecule has 0 radical (unpaired) electrons. The van der Waals surface area contributed by atoms with Crippen molar-refractivity contribution in [1.82, 2.24) is 0 Å². The van der Waals surface area contributed by atoms with Gasteiger partial charge >= 0.3 is 0 Å². The number of hydrogen-bond acceptors (Lipinski definition) is 3. The SMILES string of the molecule is CCCCc1ccc2sc3c(c2c1)N(c1ccc(-c2ccccc2)cc1)c1cc(C)cc2c1B3c1cc3c(cc1O2)CC3. The van der Waals surface area contributed by atoms with Crippen LogP contribution in [0.1, 0.15) is 42.0 Å². The molecule has 0 bridgehead atoms. The maximum absolute atomic E-state index is 6.77. The molecular weight excluding hydrogens is 541 g/mol. The zero-order chi connectivity index (χ0) is 28.7. The van der Waals surface area contributed by atoms with Gasteiger partial charge in [-0.15, -0.1) is 11.3 Å². The molecule has 0 saturated carbocycles. The largest absolute Gasteiger partial charge is 0.458 e. The average Bonchev–Trinajstić information content (AvgIpc) is 3.40. The second kappa shape index (κ2) is 9.62. The maximum Gasteiger partial charge on any atom is 0.268 e. The van der Waals surface area contributed by atoms with Crippen LogP contribution in [0.25, 0.3) is 21.2 Å². The summed E-state index contributed by atoms with van der Waals surface area (Å²) in [5, 5.41) is 1.37. The van der Waals surface area contributed by atoms with Crippen molar-refractivity contribution in [3.05, 3.63) is 119 Å². The summed E-state index contributed by atoms with van der Waals surface area (Å²) in [6.07, 6.45) is 5.87. The number of fused-ring (bicyclic) bond motifs is 7. The Kier molecular flexibility index (Phi) is 5.65. The van der Waals surface area contributed by atoms with Gasteiger partial charge in [0.1, 0.15) is 11.5 Å². The summed E-state index contributed by atoms with van der Waals surface area (Å²) in [5.41, 5.74) is 14.5. The fourth-order valence-electron chi connectivity index (χ4n) is 7.35. The zero-order valence-corrected chi connectivity index (χ0v) is 25.4. The summed E-state index contributed by atoms with van der Waals surface area (Å²) in [7, 11) is 0. The number of benzene rings is 5. The Bertz CT molecular complexity index is 2060. The first kappa shape index (κ1) is 25.2. The van der Waals surface area contributed by atoms with Crippen LogP contribution in [-0.4, -0.2) is 6.71 Å².